The lowest BCUT2D eigenvalue weighted by Crippen LogP contribution is -2.03. The fourth-order valence-electron chi connectivity index (χ4n) is 1.87. The molecule has 0 bridgehead atoms. The number of aromatic carboxylic acids is 1. The first-order chi connectivity index (χ1) is 8.09. The van der Waals surface area contributed by atoms with E-state index in [2.05, 4.69) is 0 Å². The summed E-state index contributed by atoms with van der Waals surface area (Å²) in [6.07, 6.45) is 0. The highest BCUT2D eigenvalue weighted by molar-refractivity contribution is 5.97. The normalized spacial score (nSPS) is 10.2. The van der Waals surface area contributed by atoms with Crippen LogP contribution in [0.3, 0.4) is 0 Å². The molecular weight excluding hydrogens is 219 g/mol. The van der Waals surface area contributed by atoms with Gasteiger partial charge in [0.1, 0.15) is 5.82 Å². The van der Waals surface area contributed by atoms with Gasteiger partial charge in [0, 0.05) is 0 Å². The van der Waals surface area contributed by atoms with Crippen molar-refractivity contribution in [1.82, 2.24) is 0 Å². The zero-order valence-corrected chi connectivity index (χ0v) is 9.27. The topological polar surface area (TPSA) is 37.3 Å². The van der Waals surface area contributed by atoms with Gasteiger partial charge in [0.25, 0.3) is 0 Å². The van der Waals surface area contributed by atoms with Crippen LogP contribution in [0.4, 0.5) is 4.39 Å². The van der Waals surface area contributed by atoms with Crippen molar-refractivity contribution < 1.29 is 14.3 Å². The Morgan fingerprint density at radius 2 is 1.82 bits per heavy atom. The summed E-state index contributed by atoms with van der Waals surface area (Å²) in [5.41, 5.74) is 1.69. The number of aryl methyl sites for hydroxylation is 1. The maximum absolute atomic E-state index is 13.4. The summed E-state index contributed by atoms with van der Waals surface area (Å²) in [4.78, 5) is 11.2. The van der Waals surface area contributed by atoms with E-state index >= 15 is 0 Å². The molecule has 1 N–H and O–H groups in total. The van der Waals surface area contributed by atoms with Crippen molar-refractivity contribution in [2.45, 2.75) is 6.92 Å². The number of halogens is 1. The Kier molecular flexibility index (Phi) is 2.91. The van der Waals surface area contributed by atoms with E-state index in [0.29, 0.717) is 16.7 Å². The first kappa shape index (κ1) is 11.3. The van der Waals surface area contributed by atoms with Crippen LogP contribution in [-0.4, -0.2) is 11.1 Å². The van der Waals surface area contributed by atoms with Crippen LogP contribution in [0.1, 0.15) is 15.9 Å². The van der Waals surface area contributed by atoms with Crippen LogP contribution in [0.5, 0.6) is 0 Å². The molecule has 0 heterocycles. The molecule has 0 amide bonds. The monoisotopic (exact) mass is 230 g/mol. The smallest absolute Gasteiger partial charge is 0.336 e. The van der Waals surface area contributed by atoms with E-state index in [1.54, 1.807) is 31.2 Å². The molecule has 0 aliphatic heterocycles. The van der Waals surface area contributed by atoms with Crippen LogP contribution >= 0.6 is 0 Å². The molecule has 0 fully saturated rings. The first-order valence-corrected chi connectivity index (χ1v) is 5.18. The maximum Gasteiger partial charge on any atom is 0.336 e. The molecule has 0 spiro atoms. The Morgan fingerprint density at radius 3 is 2.41 bits per heavy atom. The van der Waals surface area contributed by atoms with Gasteiger partial charge >= 0.3 is 5.97 Å². The number of hydrogen-bond donors (Lipinski definition) is 1. The second-order valence-corrected chi connectivity index (χ2v) is 3.82. The molecule has 3 heteroatoms. The van der Waals surface area contributed by atoms with Crippen molar-refractivity contribution >= 4 is 5.97 Å². The average Bonchev–Trinajstić information content (AvgIpc) is 2.28. The zero-order valence-electron chi connectivity index (χ0n) is 9.27. The second kappa shape index (κ2) is 4.37. The summed E-state index contributed by atoms with van der Waals surface area (Å²) in [5.74, 6) is -1.47. The minimum atomic E-state index is -1.04. The molecule has 0 unspecified atom stereocenters. The highest BCUT2D eigenvalue weighted by atomic mass is 19.1. The second-order valence-electron chi connectivity index (χ2n) is 3.82. The van der Waals surface area contributed by atoms with Gasteiger partial charge in [0.15, 0.2) is 0 Å². The maximum atomic E-state index is 13.4. The van der Waals surface area contributed by atoms with E-state index in [-0.39, 0.29) is 5.56 Å². The van der Waals surface area contributed by atoms with Crippen molar-refractivity contribution in [1.29, 1.82) is 0 Å². The van der Waals surface area contributed by atoms with Gasteiger partial charge in [-0.2, -0.15) is 0 Å². The summed E-state index contributed by atoms with van der Waals surface area (Å²) in [6.45, 7) is 1.60. The predicted octanol–water partition coefficient (Wildman–Crippen LogP) is 3.50. The molecule has 0 atom stereocenters. The van der Waals surface area contributed by atoms with Crippen molar-refractivity contribution in [3.8, 4) is 11.1 Å². The lowest BCUT2D eigenvalue weighted by Gasteiger charge is -2.09. The molecule has 0 saturated heterocycles. The highest BCUT2D eigenvalue weighted by Gasteiger charge is 2.15. The number of carbonyl (C=O) groups is 1. The molecule has 17 heavy (non-hydrogen) atoms. The molecule has 0 saturated carbocycles. The lowest BCUT2D eigenvalue weighted by molar-refractivity contribution is 0.0697. The Labute approximate surface area is 98.3 Å². The Hall–Kier alpha value is -2.16. The van der Waals surface area contributed by atoms with Crippen LogP contribution in [0.2, 0.25) is 0 Å². The molecule has 2 rings (SSSR count). The minimum absolute atomic E-state index is 0.151. The molecule has 0 radical (unpaired) electrons. The Morgan fingerprint density at radius 1 is 1.18 bits per heavy atom. The van der Waals surface area contributed by atoms with E-state index in [0.717, 1.165) is 0 Å². The summed E-state index contributed by atoms with van der Waals surface area (Å²) < 4.78 is 13.4. The Bertz CT molecular complexity index is 562. The van der Waals surface area contributed by atoms with E-state index in [9.17, 15) is 14.3 Å². The van der Waals surface area contributed by atoms with Crippen LogP contribution in [-0.2, 0) is 0 Å². The van der Waals surface area contributed by atoms with E-state index in [1.165, 1.54) is 12.1 Å². The fraction of sp³-hybridized carbons (Fsp3) is 0.0714. The summed E-state index contributed by atoms with van der Waals surface area (Å²) in [6, 6.07) is 11.4. The first-order valence-electron chi connectivity index (χ1n) is 5.18. The molecular formula is C14H11FO2. The zero-order chi connectivity index (χ0) is 12.4. The SMILES string of the molecule is Cc1cc(F)cc(-c2ccccc2)c1C(=O)O. The van der Waals surface area contributed by atoms with Crippen molar-refractivity contribution in [3.63, 3.8) is 0 Å². The van der Waals surface area contributed by atoms with Gasteiger partial charge in [0.05, 0.1) is 5.56 Å². The molecule has 0 aliphatic rings. The Balaban J connectivity index is 2.72. The molecule has 86 valence electrons. The number of rotatable bonds is 2. The largest absolute Gasteiger partial charge is 0.478 e. The van der Waals surface area contributed by atoms with Crippen LogP contribution in [0.15, 0.2) is 42.5 Å². The third-order valence-corrected chi connectivity index (χ3v) is 2.60. The highest BCUT2D eigenvalue weighted by Crippen LogP contribution is 2.27. The summed E-state index contributed by atoms with van der Waals surface area (Å²) in [5, 5.41) is 9.18. The standard InChI is InChI=1S/C14H11FO2/c1-9-7-11(15)8-12(13(9)14(16)17)10-5-3-2-4-6-10/h2-8H,1H3,(H,16,17). The van der Waals surface area contributed by atoms with Crippen LogP contribution in [0, 0.1) is 12.7 Å². The average molecular weight is 230 g/mol. The predicted molar refractivity (Wildman–Crippen MR) is 63.5 cm³/mol. The van der Waals surface area contributed by atoms with Gasteiger partial charge in [-0.1, -0.05) is 30.3 Å². The molecule has 0 aliphatic carbocycles. The van der Waals surface area contributed by atoms with Gasteiger partial charge in [-0.15, -0.1) is 0 Å². The molecule has 0 aromatic heterocycles. The number of carboxylic acids is 1. The van der Waals surface area contributed by atoms with Gasteiger partial charge in [-0.05, 0) is 35.7 Å². The number of benzene rings is 2. The third-order valence-electron chi connectivity index (χ3n) is 2.60. The third kappa shape index (κ3) is 2.18. The fourth-order valence-corrected chi connectivity index (χ4v) is 1.87. The van der Waals surface area contributed by atoms with Gasteiger partial charge in [-0.25, -0.2) is 9.18 Å². The molecule has 2 aromatic rings. The summed E-state index contributed by atoms with van der Waals surface area (Å²) in [7, 11) is 0. The minimum Gasteiger partial charge on any atom is -0.478 e. The van der Waals surface area contributed by atoms with Crippen LogP contribution < -0.4 is 0 Å². The number of carboxylic acid groups (broad SMARTS) is 1. The van der Waals surface area contributed by atoms with Gasteiger partial charge in [-0.3, -0.25) is 0 Å². The quantitative estimate of drug-likeness (QED) is 0.857. The van der Waals surface area contributed by atoms with Gasteiger partial charge in [0.2, 0.25) is 0 Å². The van der Waals surface area contributed by atoms with Crippen molar-refractivity contribution in [2.75, 3.05) is 0 Å². The molecule has 2 aromatic carbocycles. The van der Waals surface area contributed by atoms with Crippen LogP contribution in [0.25, 0.3) is 11.1 Å². The summed E-state index contributed by atoms with van der Waals surface area (Å²) >= 11 is 0. The van der Waals surface area contributed by atoms with E-state index < -0.39 is 11.8 Å². The lowest BCUT2D eigenvalue weighted by atomic mass is 9.96. The van der Waals surface area contributed by atoms with E-state index in [4.69, 9.17) is 0 Å². The number of hydrogen-bond acceptors (Lipinski definition) is 1. The van der Waals surface area contributed by atoms with Crippen molar-refractivity contribution in [2.24, 2.45) is 0 Å². The van der Waals surface area contributed by atoms with Crippen molar-refractivity contribution in [3.05, 3.63) is 59.4 Å². The van der Waals surface area contributed by atoms with Gasteiger partial charge < -0.3 is 5.11 Å². The van der Waals surface area contributed by atoms with E-state index in [1.807, 2.05) is 6.07 Å². The molecule has 2 nitrogen and oxygen atoms in total.